The molecule has 3 nitrogen and oxygen atoms in total. The molecule has 1 saturated heterocycles. The van der Waals surface area contributed by atoms with E-state index in [1.807, 2.05) is 13.0 Å². The largest absolute Gasteiger partial charge is 0.348 e. The van der Waals surface area contributed by atoms with Gasteiger partial charge >= 0.3 is 0 Å². The van der Waals surface area contributed by atoms with Gasteiger partial charge in [-0.15, -0.1) is 24.2 Å². The van der Waals surface area contributed by atoms with E-state index in [4.69, 9.17) is 0 Å². The lowest BCUT2D eigenvalue weighted by molar-refractivity contribution is -0.128. The van der Waals surface area contributed by atoms with Gasteiger partial charge in [0.15, 0.2) is 0 Å². The summed E-state index contributed by atoms with van der Waals surface area (Å²) in [6.07, 6.45) is 3.56. The highest BCUT2D eigenvalue weighted by atomic mass is 35.5. The molecule has 122 valence electrons. The van der Waals surface area contributed by atoms with E-state index in [-0.39, 0.29) is 30.2 Å². The minimum absolute atomic E-state index is 0. The first kappa shape index (κ1) is 17.6. The van der Waals surface area contributed by atoms with Gasteiger partial charge in [0.1, 0.15) is 5.82 Å². The van der Waals surface area contributed by atoms with Crippen molar-refractivity contribution in [2.75, 3.05) is 12.3 Å². The van der Waals surface area contributed by atoms with Crippen molar-refractivity contribution < 1.29 is 9.18 Å². The van der Waals surface area contributed by atoms with E-state index < -0.39 is 5.54 Å². The van der Waals surface area contributed by atoms with Crippen LogP contribution in [-0.4, -0.2) is 23.7 Å². The van der Waals surface area contributed by atoms with Crippen LogP contribution in [-0.2, 0) is 4.79 Å². The van der Waals surface area contributed by atoms with Gasteiger partial charge in [-0.25, -0.2) is 4.39 Å². The quantitative estimate of drug-likeness (QED) is 0.882. The average molecular weight is 345 g/mol. The van der Waals surface area contributed by atoms with Crippen LogP contribution in [0.15, 0.2) is 23.1 Å². The summed E-state index contributed by atoms with van der Waals surface area (Å²) in [5.74, 6) is 0.783. The summed E-state index contributed by atoms with van der Waals surface area (Å²) in [5.41, 5.74) is 0.488. The second kappa shape index (κ2) is 7.20. The number of rotatable bonds is 3. The van der Waals surface area contributed by atoms with Crippen LogP contribution in [0.5, 0.6) is 0 Å². The van der Waals surface area contributed by atoms with Gasteiger partial charge in [0.25, 0.3) is 0 Å². The Labute approximate surface area is 141 Å². The highest BCUT2D eigenvalue weighted by Crippen LogP contribution is 2.37. The summed E-state index contributed by atoms with van der Waals surface area (Å²) in [6, 6.07) is 4.79. The number of hydrogen-bond donors (Lipinski definition) is 2. The van der Waals surface area contributed by atoms with Crippen molar-refractivity contribution >= 4 is 30.1 Å². The molecule has 2 aliphatic heterocycles. The second-order valence-corrected chi connectivity index (χ2v) is 6.95. The van der Waals surface area contributed by atoms with Crippen LogP contribution in [0.3, 0.4) is 0 Å². The third kappa shape index (κ3) is 3.26. The lowest BCUT2D eigenvalue weighted by Gasteiger charge is -2.32. The predicted molar refractivity (Wildman–Crippen MR) is 90.1 cm³/mol. The van der Waals surface area contributed by atoms with Crippen LogP contribution in [0, 0.1) is 5.82 Å². The first-order valence-corrected chi connectivity index (χ1v) is 8.61. The van der Waals surface area contributed by atoms with E-state index in [9.17, 15) is 9.18 Å². The smallest absolute Gasteiger partial charge is 0.240 e. The van der Waals surface area contributed by atoms with Crippen LogP contribution in [0.1, 0.15) is 44.2 Å². The average Bonchev–Trinajstić information content (AvgIpc) is 2.98. The molecular weight excluding hydrogens is 323 g/mol. The molecule has 6 heteroatoms. The summed E-state index contributed by atoms with van der Waals surface area (Å²) < 4.78 is 13.5. The Morgan fingerprint density at radius 3 is 3.05 bits per heavy atom. The fourth-order valence-corrected chi connectivity index (χ4v) is 4.38. The third-order valence-electron chi connectivity index (χ3n) is 4.60. The van der Waals surface area contributed by atoms with Gasteiger partial charge in [-0.05, 0) is 56.0 Å². The molecule has 2 heterocycles. The van der Waals surface area contributed by atoms with Gasteiger partial charge in [-0.1, -0.05) is 6.92 Å². The SMILES string of the molecule is CCC1(C(=O)NC2CCSc3ccc(F)cc32)CCCN1.Cl. The Hall–Kier alpha value is -0.780. The zero-order chi connectivity index (χ0) is 14.9. The maximum absolute atomic E-state index is 13.5. The topological polar surface area (TPSA) is 41.1 Å². The Kier molecular flexibility index (Phi) is 5.75. The van der Waals surface area contributed by atoms with Crippen molar-refractivity contribution in [1.82, 2.24) is 10.6 Å². The summed E-state index contributed by atoms with van der Waals surface area (Å²) in [6.45, 7) is 2.94. The molecule has 0 aliphatic carbocycles. The molecule has 22 heavy (non-hydrogen) atoms. The van der Waals surface area contributed by atoms with Crippen LogP contribution < -0.4 is 10.6 Å². The molecule has 1 fully saturated rings. The van der Waals surface area contributed by atoms with Gasteiger partial charge in [-0.3, -0.25) is 4.79 Å². The number of halogens is 2. The molecule has 0 saturated carbocycles. The number of amides is 1. The van der Waals surface area contributed by atoms with E-state index in [1.165, 1.54) is 6.07 Å². The Bertz CT molecular complexity index is 549. The number of fused-ring (bicyclic) bond motifs is 1. The molecule has 1 aromatic rings. The Morgan fingerprint density at radius 2 is 2.36 bits per heavy atom. The minimum Gasteiger partial charge on any atom is -0.348 e. The normalized spacial score (nSPS) is 26.9. The van der Waals surface area contributed by atoms with E-state index >= 15 is 0 Å². The van der Waals surface area contributed by atoms with Crippen LogP contribution in [0.2, 0.25) is 0 Å². The van der Waals surface area contributed by atoms with Crippen molar-refractivity contribution in [3.63, 3.8) is 0 Å². The van der Waals surface area contributed by atoms with Gasteiger partial charge in [0, 0.05) is 10.6 Å². The number of nitrogens with one attached hydrogen (secondary N) is 2. The van der Waals surface area contributed by atoms with E-state index in [2.05, 4.69) is 10.6 Å². The molecule has 0 aromatic heterocycles. The van der Waals surface area contributed by atoms with Gasteiger partial charge in [-0.2, -0.15) is 0 Å². The van der Waals surface area contributed by atoms with E-state index in [0.29, 0.717) is 0 Å². The van der Waals surface area contributed by atoms with Crippen LogP contribution in [0.25, 0.3) is 0 Å². The van der Waals surface area contributed by atoms with Gasteiger partial charge in [0.05, 0.1) is 11.6 Å². The maximum atomic E-state index is 13.5. The van der Waals surface area contributed by atoms with Crippen molar-refractivity contribution in [3.8, 4) is 0 Å². The highest BCUT2D eigenvalue weighted by molar-refractivity contribution is 7.99. The molecular formula is C16H22ClFN2OS. The van der Waals surface area contributed by atoms with Crippen molar-refractivity contribution in [2.24, 2.45) is 0 Å². The first-order valence-electron chi connectivity index (χ1n) is 7.63. The number of carbonyl (C=O) groups is 1. The lowest BCUT2D eigenvalue weighted by Crippen LogP contribution is -2.54. The van der Waals surface area contributed by atoms with Crippen LogP contribution >= 0.6 is 24.2 Å². The van der Waals surface area contributed by atoms with Crippen molar-refractivity contribution in [3.05, 3.63) is 29.6 Å². The van der Waals surface area contributed by atoms with E-state index in [1.54, 1.807) is 17.8 Å². The summed E-state index contributed by atoms with van der Waals surface area (Å²) >= 11 is 1.73. The van der Waals surface area contributed by atoms with Gasteiger partial charge in [0.2, 0.25) is 5.91 Å². The maximum Gasteiger partial charge on any atom is 0.240 e. The standard InChI is InChI=1S/C16H21FN2OS.ClH/c1-2-16(7-3-8-18-16)15(20)19-13-6-9-21-14-5-4-11(17)10-12(13)14;/h4-5,10,13,18H,2-3,6-9H2,1H3,(H,19,20);1H. The number of thioether (sulfide) groups is 1. The van der Waals surface area contributed by atoms with Crippen LogP contribution in [0.4, 0.5) is 4.39 Å². The lowest BCUT2D eigenvalue weighted by atomic mass is 9.92. The summed E-state index contributed by atoms with van der Waals surface area (Å²) in [4.78, 5) is 13.8. The predicted octanol–water partition coefficient (Wildman–Crippen LogP) is 3.43. The fourth-order valence-electron chi connectivity index (χ4n) is 3.27. The zero-order valence-electron chi connectivity index (χ0n) is 12.7. The molecule has 0 radical (unpaired) electrons. The molecule has 2 aliphatic rings. The molecule has 2 atom stereocenters. The number of carbonyl (C=O) groups excluding carboxylic acids is 1. The number of hydrogen-bond acceptors (Lipinski definition) is 3. The fraction of sp³-hybridized carbons (Fsp3) is 0.562. The second-order valence-electron chi connectivity index (χ2n) is 5.81. The van der Waals surface area contributed by atoms with Crippen molar-refractivity contribution in [1.29, 1.82) is 0 Å². The summed E-state index contributed by atoms with van der Waals surface area (Å²) in [7, 11) is 0. The Balaban J connectivity index is 0.00000176. The Morgan fingerprint density at radius 1 is 1.55 bits per heavy atom. The molecule has 0 spiro atoms. The summed E-state index contributed by atoms with van der Waals surface area (Å²) in [5, 5.41) is 6.51. The van der Waals surface area contributed by atoms with Gasteiger partial charge < -0.3 is 10.6 Å². The molecule has 2 unspecified atom stereocenters. The highest BCUT2D eigenvalue weighted by Gasteiger charge is 2.40. The monoisotopic (exact) mass is 344 g/mol. The molecule has 2 N–H and O–H groups in total. The van der Waals surface area contributed by atoms with E-state index in [0.717, 1.165) is 48.4 Å². The first-order chi connectivity index (χ1) is 10.1. The molecule has 0 bridgehead atoms. The molecule has 1 amide bonds. The zero-order valence-corrected chi connectivity index (χ0v) is 14.3. The number of benzene rings is 1. The third-order valence-corrected chi connectivity index (χ3v) is 5.72. The minimum atomic E-state index is -0.432. The van der Waals surface area contributed by atoms with Crippen molar-refractivity contribution in [2.45, 2.75) is 49.1 Å². The molecule has 3 rings (SSSR count). The molecule has 1 aromatic carbocycles.